The van der Waals surface area contributed by atoms with E-state index in [1.807, 2.05) is 19.1 Å². The highest BCUT2D eigenvalue weighted by Crippen LogP contribution is 2.26. The van der Waals surface area contributed by atoms with Crippen molar-refractivity contribution in [2.24, 2.45) is 5.92 Å². The van der Waals surface area contributed by atoms with E-state index in [1.165, 1.54) is 6.42 Å². The molecule has 2 rings (SSSR count). The van der Waals surface area contributed by atoms with E-state index in [2.05, 4.69) is 17.6 Å². The highest BCUT2D eigenvalue weighted by molar-refractivity contribution is 5.98. The van der Waals surface area contributed by atoms with Crippen molar-refractivity contribution in [3.05, 3.63) is 29.3 Å². The number of nitrogens with one attached hydrogen (secondary N) is 2. The van der Waals surface area contributed by atoms with Crippen molar-refractivity contribution < 1.29 is 9.59 Å². The molecule has 0 atom stereocenters. The van der Waals surface area contributed by atoms with Gasteiger partial charge in [-0.2, -0.15) is 0 Å². The lowest BCUT2D eigenvalue weighted by Gasteiger charge is -2.21. The molecule has 4 nitrogen and oxygen atoms in total. The van der Waals surface area contributed by atoms with Gasteiger partial charge in [-0.3, -0.25) is 9.59 Å². The number of rotatable bonds is 6. The zero-order chi connectivity index (χ0) is 16.7. The number of anilines is 1. The maximum absolute atomic E-state index is 12.4. The molecule has 0 saturated heterocycles. The summed E-state index contributed by atoms with van der Waals surface area (Å²) in [5, 5.41) is 5.94. The molecular weight excluding hydrogens is 288 g/mol. The minimum Gasteiger partial charge on any atom is -0.352 e. The molecule has 0 spiro atoms. The smallest absolute Gasteiger partial charge is 0.251 e. The molecule has 1 aliphatic carbocycles. The van der Waals surface area contributed by atoms with E-state index >= 15 is 0 Å². The predicted octanol–water partition coefficient (Wildman–Crippen LogP) is 4.04. The maximum Gasteiger partial charge on any atom is 0.251 e. The van der Waals surface area contributed by atoms with Gasteiger partial charge in [0.1, 0.15) is 0 Å². The summed E-state index contributed by atoms with van der Waals surface area (Å²) in [5.74, 6) is 0.133. The molecule has 1 aromatic rings. The van der Waals surface area contributed by atoms with Gasteiger partial charge in [0.25, 0.3) is 5.91 Å². The highest BCUT2D eigenvalue weighted by Gasteiger charge is 2.21. The summed E-state index contributed by atoms with van der Waals surface area (Å²) in [5.41, 5.74) is 2.34. The maximum atomic E-state index is 12.4. The second kappa shape index (κ2) is 8.70. The Balaban J connectivity index is 2.01. The van der Waals surface area contributed by atoms with Crippen molar-refractivity contribution in [1.82, 2.24) is 5.32 Å². The molecule has 0 bridgehead atoms. The van der Waals surface area contributed by atoms with E-state index < -0.39 is 0 Å². The molecule has 126 valence electrons. The molecule has 1 aliphatic rings. The molecule has 2 amide bonds. The second-order valence-electron chi connectivity index (χ2n) is 6.46. The number of aryl methyl sites for hydroxylation is 1. The molecule has 0 unspecified atom stereocenters. The van der Waals surface area contributed by atoms with Crippen molar-refractivity contribution in [3.63, 3.8) is 0 Å². The largest absolute Gasteiger partial charge is 0.352 e. The predicted molar refractivity (Wildman–Crippen MR) is 93.6 cm³/mol. The molecule has 0 aromatic heterocycles. The molecule has 0 radical (unpaired) electrons. The lowest BCUT2D eigenvalue weighted by Crippen LogP contribution is -2.26. The first-order valence-corrected chi connectivity index (χ1v) is 8.81. The summed E-state index contributed by atoms with van der Waals surface area (Å²) in [4.78, 5) is 24.5. The molecule has 1 aromatic carbocycles. The van der Waals surface area contributed by atoms with Gasteiger partial charge in [-0.1, -0.05) is 38.7 Å². The van der Waals surface area contributed by atoms with Gasteiger partial charge in [-0.15, -0.1) is 0 Å². The summed E-state index contributed by atoms with van der Waals surface area (Å²) in [6, 6.07) is 5.50. The SMILES string of the molecule is CCCCNC(=O)c1ccc(C)c(NC(=O)C2CCCCC2)c1. The van der Waals surface area contributed by atoms with Crippen LogP contribution in [0.5, 0.6) is 0 Å². The van der Waals surface area contributed by atoms with E-state index in [4.69, 9.17) is 0 Å². The van der Waals surface area contributed by atoms with Gasteiger partial charge in [-0.05, 0) is 43.9 Å². The molecule has 0 heterocycles. The van der Waals surface area contributed by atoms with Crippen LogP contribution in [-0.2, 0) is 4.79 Å². The van der Waals surface area contributed by atoms with Crippen molar-refractivity contribution in [2.75, 3.05) is 11.9 Å². The summed E-state index contributed by atoms with van der Waals surface area (Å²) in [6.45, 7) is 4.74. The fourth-order valence-electron chi connectivity index (χ4n) is 2.98. The standard InChI is InChI=1S/C19H28N2O2/c1-3-4-12-20-18(22)16-11-10-14(2)17(13-16)21-19(23)15-8-6-5-7-9-15/h10-11,13,15H,3-9,12H2,1-2H3,(H,20,22)(H,21,23). The van der Waals surface area contributed by atoms with Crippen LogP contribution in [0.1, 0.15) is 67.8 Å². The third-order valence-electron chi connectivity index (χ3n) is 4.55. The average Bonchev–Trinajstić information content (AvgIpc) is 2.57. The normalized spacial score (nSPS) is 15.2. The number of hydrogen-bond donors (Lipinski definition) is 2. The quantitative estimate of drug-likeness (QED) is 0.778. The van der Waals surface area contributed by atoms with Gasteiger partial charge >= 0.3 is 0 Å². The van der Waals surface area contributed by atoms with E-state index in [9.17, 15) is 9.59 Å². The zero-order valence-electron chi connectivity index (χ0n) is 14.3. The first-order chi connectivity index (χ1) is 11.1. The van der Waals surface area contributed by atoms with Crippen LogP contribution in [0.15, 0.2) is 18.2 Å². The highest BCUT2D eigenvalue weighted by atomic mass is 16.2. The monoisotopic (exact) mass is 316 g/mol. The number of amides is 2. The van der Waals surface area contributed by atoms with Gasteiger partial charge in [0.15, 0.2) is 0 Å². The molecular formula is C19H28N2O2. The zero-order valence-corrected chi connectivity index (χ0v) is 14.3. The number of unbranched alkanes of at least 4 members (excludes halogenated alkanes) is 1. The minimum absolute atomic E-state index is 0.0772. The third-order valence-corrected chi connectivity index (χ3v) is 4.55. The van der Waals surface area contributed by atoms with Crippen molar-refractivity contribution in [1.29, 1.82) is 0 Å². The number of benzene rings is 1. The lowest BCUT2D eigenvalue weighted by molar-refractivity contribution is -0.120. The number of carbonyl (C=O) groups excluding carboxylic acids is 2. The molecule has 23 heavy (non-hydrogen) atoms. The van der Waals surface area contributed by atoms with Gasteiger partial charge in [0.05, 0.1) is 0 Å². The Morgan fingerprint density at radius 2 is 1.91 bits per heavy atom. The van der Waals surface area contributed by atoms with Crippen LogP contribution in [-0.4, -0.2) is 18.4 Å². The Hall–Kier alpha value is -1.84. The van der Waals surface area contributed by atoms with Crippen LogP contribution in [0.3, 0.4) is 0 Å². The Kier molecular flexibility index (Phi) is 6.63. The summed E-state index contributed by atoms with van der Waals surface area (Å²) in [6.07, 6.45) is 7.48. The van der Waals surface area contributed by atoms with Crippen LogP contribution >= 0.6 is 0 Å². The van der Waals surface area contributed by atoms with Crippen LogP contribution in [0.2, 0.25) is 0 Å². The van der Waals surface area contributed by atoms with Crippen LogP contribution in [0, 0.1) is 12.8 Å². The Morgan fingerprint density at radius 3 is 2.61 bits per heavy atom. The van der Waals surface area contributed by atoms with E-state index in [-0.39, 0.29) is 17.7 Å². The topological polar surface area (TPSA) is 58.2 Å². The molecule has 2 N–H and O–H groups in total. The number of carbonyl (C=O) groups is 2. The van der Waals surface area contributed by atoms with Gasteiger partial charge in [-0.25, -0.2) is 0 Å². The fourth-order valence-corrected chi connectivity index (χ4v) is 2.98. The first kappa shape index (κ1) is 17.5. The third kappa shape index (κ3) is 5.08. The van der Waals surface area contributed by atoms with E-state index in [1.54, 1.807) is 6.07 Å². The van der Waals surface area contributed by atoms with Gasteiger partial charge < -0.3 is 10.6 Å². The average molecular weight is 316 g/mol. The van der Waals surface area contributed by atoms with Crippen molar-refractivity contribution in [3.8, 4) is 0 Å². The molecule has 1 saturated carbocycles. The molecule has 1 fully saturated rings. The Bertz CT molecular complexity index is 548. The molecule has 4 heteroatoms. The van der Waals surface area contributed by atoms with Crippen LogP contribution < -0.4 is 10.6 Å². The summed E-state index contributed by atoms with van der Waals surface area (Å²) < 4.78 is 0. The Labute approximate surface area is 139 Å². The van der Waals surface area contributed by atoms with Crippen molar-refractivity contribution >= 4 is 17.5 Å². The van der Waals surface area contributed by atoms with E-state index in [0.717, 1.165) is 49.8 Å². The Morgan fingerprint density at radius 1 is 1.17 bits per heavy atom. The van der Waals surface area contributed by atoms with Gasteiger partial charge in [0, 0.05) is 23.7 Å². The molecule has 0 aliphatic heterocycles. The van der Waals surface area contributed by atoms with Crippen LogP contribution in [0.25, 0.3) is 0 Å². The van der Waals surface area contributed by atoms with E-state index in [0.29, 0.717) is 12.1 Å². The lowest BCUT2D eigenvalue weighted by atomic mass is 9.88. The van der Waals surface area contributed by atoms with Crippen molar-refractivity contribution in [2.45, 2.75) is 58.8 Å². The summed E-state index contributed by atoms with van der Waals surface area (Å²) >= 11 is 0. The summed E-state index contributed by atoms with van der Waals surface area (Å²) in [7, 11) is 0. The minimum atomic E-state index is -0.0772. The number of hydrogen-bond acceptors (Lipinski definition) is 2. The fraction of sp³-hybridized carbons (Fsp3) is 0.579. The van der Waals surface area contributed by atoms with Crippen LogP contribution in [0.4, 0.5) is 5.69 Å². The van der Waals surface area contributed by atoms with Gasteiger partial charge in [0.2, 0.25) is 5.91 Å². The first-order valence-electron chi connectivity index (χ1n) is 8.81. The second-order valence-corrected chi connectivity index (χ2v) is 6.46.